The van der Waals surface area contributed by atoms with Crippen molar-refractivity contribution in [2.24, 2.45) is 0 Å². The van der Waals surface area contributed by atoms with Gasteiger partial charge in [-0.2, -0.15) is 5.10 Å². The second-order valence-electron chi connectivity index (χ2n) is 4.72. The van der Waals surface area contributed by atoms with Crippen LogP contribution in [0, 0.1) is 0 Å². The first-order chi connectivity index (χ1) is 9.70. The third kappa shape index (κ3) is 2.64. The first-order valence-corrected chi connectivity index (χ1v) is 6.37. The van der Waals surface area contributed by atoms with Gasteiger partial charge in [0.25, 0.3) is 0 Å². The van der Waals surface area contributed by atoms with E-state index in [1.807, 2.05) is 53.5 Å². The molecule has 0 atom stereocenters. The lowest BCUT2D eigenvalue weighted by Crippen LogP contribution is -1.99. The van der Waals surface area contributed by atoms with Crippen molar-refractivity contribution in [3.63, 3.8) is 0 Å². The zero-order valence-electron chi connectivity index (χ0n) is 10.9. The van der Waals surface area contributed by atoms with E-state index in [0.29, 0.717) is 6.54 Å². The molecule has 0 aliphatic heterocycles. The summed E-state index contributed by atoms with van der Waals surface area (Å²) in [6, 6.07) is 14.9. The second kappa shape index (κ2) is 5.09. The molecule has 0 bridgehead atoms. The maximum atomic E-state index is 9.27. The van der Waals surface area contributed by atoms with E-state index >= 15 is 0 Å². The minimum Gasteiger partial charge on any atom is -0.508 e. The van der Waals surface area contributed by atoms with Crippen LogP contribution in [-0.4, -0.2) is 14.9 Å². The Kier molecular flexibility index (Phi) is 3.13. The first kappa shape index (κ1) is 12.3. The molecule has 3 aromatic rings. The lowest BCUT2D eigenvalue weighted by Gasteiger charge is -2.02. The van der Waals surface area contributed by atoms with Crippen molar-refractivity contribution >= 4 is 5.69 Å². The number of anilines is 1. The molecule has 0 fully saturated rings. The van der Waals surface area contributed by atoms with Crippen LogP contribution in [0.25, 0.3) is 11.1 Å². The van der Waals surface area contributed by atoms with Crippen molar-refractivity contribution in [1.29, 1.82) is 0 Å². The van der Waals surface area contributed by atoms with E-state index in [-0.39, 0.29) is 5.75 Å². The molecule has 0 saturated heterocycles. The Bertz CT molecular complexity index is 717. The topological polar surface area (TPSA) is 64.1 Å². The van der Waals surface area contributed by atoms with Gasteiger partial charge in [-0.25, -0.2) is 0 Å². The van der Waals surface area contributed by atoms with Crippen LogP contribution in [0.5, 0.6) is 5.75 Å². The molecule has 3 rings (SSSR count). The average Bonchev–Trinajstić information content (AvgIpc) is 2.90. The highest BCUT2D eigenvalue weighted by Crippen LogP contribution is 2.21. The number of phenolic OH excluding ortho intramolecular Hbond substituents is 1. The highest BCUT2D eigenvalue weighted by atomic mass is 16.3. The maximum absolute atomic E-state index is 9.27. The highest BCUT2D eigenvalue weighted by molar-refractivity contribution is 5.65. The Labute approximate surface area is 117 Å². The number of nitrogens with zero attached hydrogens (tertiary/aromatic N) is 2. The summed E-state index contributed by atoms with van der Waals surface area (Å²) in [4.78, 5) is 0. The van der Waals surface area contributed by atoms with Crippen molar-refractivity contribution in [1.82, 2.24) is 9.78 Å². The van der Waals surface area contributed by atoms with Crippen LogP contribution in [0.2, 0.25) is 0 Å². The van der Waals surface area contributed by atoms with Gasteiger partial charge in [0.2, 0.25) is 0 Å². The molecule has 3 N–H and O–H groups in total. The van der Waals surface area contributed by atoms with Gasteiger partial charge in [0.05, 0.1) is 12.7 Å². The molecule has 0 aliphatic carbocycles. The van der Waals surface area contributed by atoms with Crippen LogP contribution in [0.1, 0.15) is 5.56 Å². The molecule has 0 spiro atoms. The normalized spacial score (nSPS) is 10.6. The average molecular weight is 265 g/mol. The van der Waals surface area contributed by atoms with Gasteiger partial charge in [0.1, 0.15) is 5.75 Å². The fourth-order valence-electron chi connectivity index (χ4n) is 2.11. The quantitative estimate of drug-likeness (QED) is 0.716. The molecule has 4 nitrogen and oxygen atoms in total. The summed E-state index contributed by atoms with van der Waals surface area (Å²) >= 11 is 0. The largest absolute Gasteiger partial charge is 0.508 e. The van der Waals surface area contributed by atoms with Crippen LogP contribution < -0.4 is 5.73 Å². The van der Waals surface area contributed by atoms with Crippen LogP contribution in [0.4, 0.5) is 5.69 Å². The summed E-state index contributed by atoms with van der Waals surface area (Å²) in [5.41, 5.74) is 9.72. The van der Waals surface area contributed by atoms with Crippen molar-refractivity contribution in [2.75, 3.05) is 5.73 Å². The smallest absolute Gasteiger partial charge is 0.115 e. The summed E-state index contributed by atoms with van der Waals surface area (Å²) in [5, 5.41) is 13.6. The van der Waals surface area contributed by atoms with Gasteiger partial charge in [-0.15, -0.1) is 0 Å². The summed E-state index contributed by atoms with van der Waals surface area (Å²) in [7, 11) is 0. The zero-order chi connectivity index (χ0) is 13.9. The van der Waals surface area contributed by atoms with Crippen LogP contribution in [0.3, 0.4) is 0 Å². The van der Waals surface area contributed by atoms with E-state index in [4.69, 9.17) is 5.73 Å². The number of rotatable bonds is 3. The third-order valence-electron chi connectivity index (χ3n) is 3.13. The number of hydrogen-bond acceptors (Lipinski definition) is 3. The van der Waals surface area contributed by atoms with Gasteiger partial charge in [0, 0.05) is 17.4 Å². The monoisotopic (exact) mass is 265 g/mol. The third-order valence-corrected chi connectivity index (χ3v) is 3.13. The van der Waals surface area contributed by atoms with Gasteiger partial charge in [-0.1, -0.05) is 24.3 Å². The Balaban J connectivity index is 1.82. The molecule has 20 heavy (non-hydrogen) atoms. The second-order valence-corrected chi connectivity index (χ2v) is 4.72. The van der Waals surface area contributed by atoms with Gasteiger partial charge in [-0.05, 0) is 35.4 Å². The Hall–Kier alpha value is -2.75. The lowest BCUT2D eigenvalue weighted by atomic mass is 10.1. The molecule has 2 aromatic carbocycles. The zero-order valence-corrected chi connectivity index (χ0v) is 10.9. The molecule has 0 aliphatic rings. The minimum atomic E-state index is 0.273. The Morgan fingerprint density at radius 3 is 2.60 bits per heavy atom. The molecular formula is C16H15N3O. The number of hydrogen-bond donors (Lipinski definition) is 2. The van der Waals surface area contributed by atoms with Gasteiger partial charge >= 0.3 is 0 Å². The fraction of sp³-hybridized carbons (Fsp3) is 0.0625. The predicted octanol–water partition coefficient (Wildman–Crippen LogP) is 2.89. The number of nitrogens with two attached hydrogens (primary N) is 1. The first-order valence-electron chi connectivity index (χ1n) is 6.37. The minimum absolute atomic E-state index is 0.273. The van der Waals surface area contributed by atoms with Crippen molar-refractivity contribution in [3.05, 3.63) is 66.5 Å². The van der Waals surface area contributed by atoms with Crippen molar-refractivity contribution in [3.8, 4) is 16.9 Å². The summed E-state index contributed by atoms with van der Waals surface area (Å²) < 4.78 is 1.87. The number of benzene rings is 2. The standard InChI is InChI=1S/C16H15N3O/c17-15-3-1-2-13(8-15)14-9-18-19(11-14)10-12-4-6-16(20)7-5-12/h1-9,11,20H,10,17H2. The summed E-state index contributed by atoms with van der Waals surface area (Å²) in [5.74, 6) is 0.273. The highest BCUT2D eigenvalue weighted by Gasteiger charge is 2.03. The summed E-state index contributed by atoms with van der Waals surface area (Å²) in [6.07, 6.45) is 3.82. The number of aromatic hydroxyl groups is 1. The SMILES string of the molecule is Nc1cccc(-c2cnn(Cc3ccc(O)cc3)c2)c1. The Morgan fingerprint density at radius 2 is 1.85 bits per heavy atom. The van der Waals surface area contributed by atoms with E-state index < -0.39 is 0 Å². The molecule has 1 heterocycles. The molecule has 1 aromatic heterocycles. The molecule has 4 heteroatoms. The van der Waals surface area contributed by atoms with E-state index in [0.717, 1.165) is 22.4 Å². The maximum Gasteiger partial charge on any atom is 0.115 e. The number of phenols is 1. The molecule has 0 radical (unpaired) electrons. The van der Waals surface area contributed by atoms with E-state index in [2.05, 4.69) is 5.10 Å². The molecule has 100 valence electrons. The van der Waals surface area contributed by atoms with Crippen molar-refractivity contribution < 1.29 is 5.11 Å². The van der Waals surface area contributed by atoms with E-state index in [9.17, 15) is 5.11 Å². The number of aromatic nitrogens is 2. The van der Waals surface area contributed by atoms with Gasteiger partial charge in [-0.3, -0.25) is 4.68 Å². The lowest BCUT2D eigenvalue weighted by molar-refractivity contribution is 0.475. The molecule has 0 unspecified atom stereocenters. The molecule has 0 saturated carbocycles. The van der Waals surface area contributed by atoms with Crippen LogP contribution in [0.15, 0.2) is 60.9 Å². The molecule has 0 amide bonds. The predicted molar refractivity (Wildman–Crippen MR) is 79.3 cm³/mol. The van der Waals surface area contributed by atoms with Crippen LogP contribution in [-0.2, 0) is 6.54 Å². The van der Waals surface area contributed by atoms with E-state index in [1.165, 1.54) is 0 Å². The van der Waals surface area contributed by atoms with Gasteiger partial charge < -0.3 is 10.8 Å². The van der Waals surface area contributed by atoms with Crippen molar-refractivity contribution in [2.45, 2.75) is 6.54 Å². The van der Waals surface area contributed by atoms with E-state index in [1.54, 1.807) is 12.1 Å². The Morgan fingerprint density at radius 1 is 1.05 bits per heavy atom. The fourth-order valence-corrected chi connectivity index (χ4v) is 2.11. The number of nitrogen functional groups attached to an aromatic ring is 1. The molecular weight excluding hydrogens is 250 g/mol. The van der Waals surface area contributed by atoms with Crippen LogP contribution >= 0.6 is 0 Å². The summed E-state index contributed by atoms with van der Waals surface area (Å²) in [6.45, 7) is 0.669. The van der Waals surface area contributed by atoms with Gasteiger partial charge in [0.15, 0.2) is 0 Å².